The zero-order chi connectivity index (χ0) is 13.0. The van der Waals surface area contributed by atoms with Crippen molar-refractivity contribution in [2.45, 2.75) is 19.5 Å². The maximum atomic E-state index is 5.37. The van der Waals surface area contributed by atoms with Gasteiger partial charge in [0.15, 0.2) is 0 Å². The van der Waals surface area contributed by atoms with Gasteiger partial charge in [0, 0.05) is 31.4 Å². The number of rotatable bonds is 5. The third-order valence-corrected chi connectivity index (χ3v) is 3.12. The van der Waals surface area contributed by atoms with Gasteiger partial charge in [0.05, 0.1) is 12.8 Å². The Kier molecular flexibility index (Phi) is 3.99. The predicted molar refractivity (Wildman–Crippen MR) is 71.5 cm³/mol. The molecule has 0 radical (unpaired) electrons. The summed E-state index contributed by atoms with van der Waals surface area (Å²) in [4.78, 5) is 0. The van der Waals surface area contributed by atoms with Gasteiger partial charge in [-0.25, -0.2) is 0 Å². The van der Waals surface area contributed by atoms with Crippen molar-refractivity contribution in [2.75, 3.05) is 7.11 Å². The van der Waals surface area contributed by atoms with Crippen LogP contribution < -0.4 is 10.1 Å². The first-order valence-electron chi connectivity index (χ1n) is 6.05. The largest absolute Gasteiger partial charge is 0.496 e. The van der Waals surface area contributed by atoms with Crippen LogP contribution in [-0.2, 0) is 13.6 Å². The van der Waals surface area contributed by atoms with E-state index in [4.69, 9.17) is 4.74 Å². The summed E-state index contributed by atoms with van der Waals surface area (Å²) in [5, 5.41) is 7.63. The summed E-state index contributed by atoms with van der Waals surface area (Å²) >= 11 is 0. The van der Waals surface area contributed by atoms with Gasteiger partial charge >= 0.3 is 0 Å². The first-order chi connectivity index (χ1) is 8.72. The molecule has 0 spiro atoms. The molecule has 0 bridgehead atoms. The van der Waals surface area contributed by atoms with E-state index in [2.05, 4.69) is 23.4 Å². The monoisotopic (exact) mass is 245 g/mol. The van der Waals surface area contributed by atoms with Gasteiger partial charge in [0.2, 0.25) is 0 Å². The van der Waals surface area contributed by atoms with Crippen LogP contribution in [0.5, 0.6) is 5.75 Å². The number of aromatic nitrogens is 2. The molecular weight excluding hydrogens is 226 g/mol. The second kappa shape index (κ2) is 5.69. The molecule has 0 aliphatic heterocycles. The highest BCUT2D eigenvalue weighted by molar-refractivity contribution is 5.35. The lowest BCUT2D eigenvalue weighted by atomic mass is 10.1. The van der Waals surface area contributed by atoms with Gasteiger partial charge < -0.3 is 10.1 Å². The number of hydrogen-bond donors (Lipinski definition) is 1. The van der Waals surface area contributed by atoms with Crippen LogP contribution in [0.15, 0.2) is 36.5 Å². The number of nitrogens with zero attached hydrogens (tertiary/aromatic N) is 2. The highest BCUT2D eigenvalue weighted by Gasteiger charge is 2.10. The predicted octanol–water partition coefficient (Wildman–Crippen LogP) is 2.28. The average Bonchev–Trinajstić information content (AvgIpc) is 2.81. The SMILES string of the molecule is COc1ccccc1[C@H](C)NCc1ccnn1C. The second-order valence-corrected chi connectivity index (χ2v) is 4.29. The van der Waals surface area contributed by atoms with Crippen LogP contribution in [0.1, 0.15) is 24.2 Å². The molecule has 1 N–H and O–H groups in total. The molecule has 1 aromatic heterocycles. The van der Waals surface area contributed by atoms with Crippen LogP contribution in [0.3, 0.4) is 0 Å². The Bertz CT molecular complexity index is 507. The van der Waals surface area contributed by atoms with Crippen molar-refractivity contribution in [3.63, 3.8) is 0 Å². The Balaban J connectivity index is 2.03. The summed E-state index contributed by atoms with van der Waals surface area (Å²) in [5.41, 5.74) is 2.33. The van der Waals surface area contributed by atoms with Gasteiger partial charge in [0.25, 0.3) is 0 Å². The number of methoxy groups -OCH3 is 1. The number of nitrogens with one attached hydrogen (secondary N) is 1. The van der Waals surface area contributed by atoms with E-state index in [0.717, 1.165) is 18.0 Å². The highest BCUT2D eigenvalue weighted by Crippen LogP contribution is 2.24. The number of benzene rings is 1. The molecule has 0 amide bonds. The van der Waals surface area contributed by atoms with Crippen molar-refractivity contribution in [3.8, 4) is 5.75 Å². The summed E-state index contributed by atoms with van der Waals surface area (Å²) in [6.45, 7) is 2.92. The van der Waals surface area contributed by atoms with E-state index in [1.165, 1.54) is 5.56 Å². The van der Waals surface area contributed by atoms with Crippen LogP contribution in [-0.4, -0.2) is 16.9 Å². The molecule has 1 atom stereocenters. The van der Waals surface area contributed by atoms with E-state index < -0.39 is 0 Å². The molecule has 0 saturated heterocycles. The first kappa shape index (κ1) is 12.6. The van der Waals surface area contributed by atoms with Crippen molar-refractivity contribution in [1.82, 2.24) is 15.1 Å². The Labute approximate surface area is 108 Å². The lowest BCUT2D eigenvalue weighted by Crippen LogP contribution is -2.20. The van der Waals surface area contributed by atoms with Gasteiger partial charge in [-0.1, -0.05) is 18.2 Å². The van der Waals surface area contributed by atoms with Crippen molar-refractivity contribution in [1.29, 1.82) is 0 Å². The van der Waals surface area contributed by atoms with E-state index >= 15 is 0 Å². The van der Waals surface area contributed by atoms with Gasteiger partial charge in [-0.05, 0) is 19.1 Å². The van der Waals surface area contributed by atoms with E-state index in [9.17, 15) is 0 Å². The minimum absolute atomic E-state index is 0.232. The number of ether oxygens (including phenoxy) is 1. The molecule has 4 heteroatoms. The van der Waals surface area contributed by atoms with E-state index in [-0.39, 0.29) is 6.04 Å². The zero-order valence-corrected chi connectivity index (χ0v) is 11.1. The Hall–Kier alpha value is -1.81. The molecule has 1 aromatic carbocycles. The standard InChI is InChI=1S/C14H19N3O/c1-11(13-6-4-5-7-14(13)18-3)15-10-12-8-9-16-17(12)2/h4-9,11,15H,10H2,1-3H3/t11-/m0/s1. The molecule has 2 aromatic rings. The molecule has 18 heavy (non-hydrogen) atoms. The topological polar surface area (TPSA) is 39.1 Å². The fraction of sp³-hybridized carbons (Fsp3) is 0.357. The average molecular weight is 245 g/mol. The van der Waals surface area contributed by atoms with Gasteiger partial charge in [-0.3, -0.25) is 4.68 Å². The van der Waals surface area contributed by atoms with Gasteiger partial charge in [0.1, 0.15) is 5.75 Å². The van der Waals surface area contributed by atoms with Gasteiger partial charge in [-0.2, -0.15) is 5.10 Å². The van der Waals surface area contributed by atoms with Gasteiger partial charge in [-0.15, -0.1) is 0 Å². The Morgan fingerprint density at radius 2 is 2.11 bits per heavy atom. The Morgan fingerprint density at radius 3 is 2.78 bits per heavy atom. The molecule has 4 nitrogen and oxygen atoms in total. The van der Waals surface area contributed by atoms with E-state index in [0.29, 0.717) is 0 Å². The third kappa shape index (κ3) is 2.71. The summed E-state index contributed by atoms with van der Waals surface area (Å²) < 4.78 is 7.25. The fourth-order valence-corrected chi connectivity index (χ4v) is 1.97. The molecular formula is C14H19N3O. The molecule has 0 aliphatic rings. The minimum atomic E-state index is 0.232. The van der Waals surface area contributed by atoms with Crippen LogP contribution in [0.25, 0.3) is 0 Å². The minimum Gasteiger partial charge on any atom is -0.496 e. The third-order valence-electron chi connectivity index (χ3n) is 3.12. The molecule has 0 unspecified atom stereocenters. The maximum absolute atomic E-state index is 5.37. The lowest BCUT2D eigenvalue weighted by Gasteiger charge is -2.17. The number of hydrogen-bond acceptors (Lipinski definition) is 3. The van der Waals surface area contributed by atoms with E-state index in [1.54, 1.807) is 7.11 Å². The summed E-state index contributed by atoms with van der Waals surface area (Å²) in [5.74, 6) is 0.919. The molecule has 0 fully saturated rings. The quantitative estimate of drug-likeness (QED) is 0.878. The van der Waals surface area contributed by atoms with Crippen LogP contribution in [0.4, 0.5) is 0 Å². The van der Waals surface area contributed by atoms with Crippen LogP contribution >= 0.6 is 0 Å². The normalized spacial score (nSPS) is 12.4. The molecule has 0 aliphatic carbocycles. The fourth-order valence-electron chi connectivity index (χ4n) is 1.97. The van der Waals surface area contributed by atoms with Crippen LogP contribution in [0.2, 0.25) is 0 Å². The van der Waals surface area contributed by atoms with Crippen molar-refractivity contribution in [2.24, 2.45) is 7.05 Å². The van der Waals surface area contributed by atoms with Crippen molar-refractivity contribution >= 4 is 0 Å². The maximum Gasteiger partial charge on any atom is 0.123 e. The van der Waals surface area contributed by atoms with E-state index in [1.807, 2.05) is 42.2 Å². The lowest BCUT2D eigenvalue weighted by molar-refractivity contribution is 0.401. The number of para-hydroxylation sites is 1. The molecule has 96 valence electrons. The zero-order valence-electron chi connectivity index (χ0n) is 11.1. The number of aryl methyl sites for hydroxylation is 1. The molecule has 2 rings (SSSR count). The highest BCUT2D eigenvalue weighted by atomic mass is 16.5. The first-order valence-corrected chi connectivity index (χ1v) is 6.05. The summed E-state index contributed by atoms with van der Waals surface area (Å²) in [7, 11) is 3.65. The summed E-state index contributed by atoms with van der Waals surface area (Å²) in [6.07, 6.45) is 1.81. The van der Waals surface area contributed by atoms with Crippen molar-refractivity contribution in [3.05, 3.63) is 47.8 Å². The van der Waals surface area contributed by atoms with Crippen molar-refractivity contribution < 1.29 is 4.74 Å². The second-order valence-electron chi connectivity index (χ2n) is 4.29. The van der Waals surface area contributed by atoms with Crippen LogP contribution in [0, 0.1) is 0 Å². The Morgan fingerprint density at radius 1 is 1.33 bits per heavy atom. The molecule has 0 saturated carbocycles. The summed E-state index contributed by atoms with van der Waals surface area (Å²) in [6, 6.07) is 10.3. The smallest absolute Gasteiger partial charge is 0.123 e. The molecule has 1 heterocycles.